The molecule has 0 amide bonds. The van der Waals surface area contributed by atoms with Crippen molar-refractivity contribution in [3.8, 4) is 5.75 Å². The van der Waals surface area contributed by atoms with E-state index in [0.717, 1.165) is 13.6 Å². The molecule has 5 heteroatoms. The molecule has 0 heterocycles. The molecule has 0 N–H and O–H groups in total. The van der Waals surface area contributed by atoms with Crippen molar-refractivity contribution in [2.24, 2.45) is 0 Å². The molecule has 0 aliphatic carbocycles. The lowest BCUT2D eigenvalue weighted by atomic mass is 10.1. The van der Waals surface area contributed by atoms with E-state index in [1.54, 1.807) is 0 Å². The summed E-state index contributed by atoms with van der Waals surface area (Å²) >= 11 is 7.22. The minimum Gasteiger partial charge on any atom is -0.422 e. The fourth-order valence-corrected chi connectivity index (χ4v) is 1.63. The number of benzene rings is 1. The maximum atomic E-state index is 11.7. The number of esters is 1. The molecule has 0 unspecified atom stereocenters. The van der Waals surface area contributed by atoms with Crippen LogP contribution < -0.4 is 4.74 Å². The maximum Gasteiger partial charge on any atom is 0.351 e. The number of hydrogen-bond donors (Lipinski definition) is 0. The highest BCUT2D eigenvalue weighted by molar-refractivity contribution is 14.1. The first kappa shape index (κ1) is 14.4. The van der Waals surface area contributed by atoms with Crippen LogP contribution in [0.5, 0.6) is 5.75 Å². The molecule has 0 spiro atoms. The normalized spacial score (nSPS) is 12.1. The van der Waals surface area contributed by atoms with Gasteiger partial charge in [-0.1, -0.05) is 17.7 Å². The molecule has 1 aromatic carbocycles. The van der Waals surface area contributed by atoms with Gasteiger partial charge >= 0.3 is 5.97 Å². The molecular weight excluding hydrogens is 498 g/mol. The monoisotopic (exact) mass is 506 g/mol. The third-order valence-electron chi connectivity index (χ3n) is 1.88. The average molecular weight is 507 g/mol. The lowest BCUT2D eigenvalue weighted by Crippen LogP contribution is -2.08. The van der Waals surface area contributed by atoms with Gasteiger partial charge in [-0.15, -0.1) is 0 Å². The largest absolute Gasteiger partial charge is 0.422 e. The van der Waals surface area contributed by atoms with Crippen molar-refractivity contribution in [2.45, 2.75) is 13.8 Å². The lowest BCUT2D eigenvalue weighted by Gasteiger charge is -2.07. The van der Waals surface area contributed by atoms with E-state index in [9.17, 15) is 4.79 Å². The molecular formula is C11H9BrI2O2. The van der Waals surface area contributed by atoms with Crippen LogP contribution >= 0.6 is 61.1 Å². The van der Waals surface area contributed by atoms with Crippen LogP contribution in [0.1, 0.15) is 11.1 Å². The van der Waals surface area contributed by atoms with Crippen molar-refractivity contribution in [2.75, 3.05) is 0 Å². The highest BCUT2D eigenvalue weighted by Gasteiger charge is 2.13. The number of halogens is 3. The van der Waals surface area contributed by atoms with Crippen molar-refractivity contribution < 1.29 is 9.53 Å². The first-order valence-electron chi connectivity index (χ1n) is 4.42. The average Bonchev–Trinajstić information content (AvgIpc) is 2.20. The van der Waals surface area contributed by atoms with Crippen LogP contribution in [-0.4, -0.2) is 5.97 Å². The van der Waals surface area contributed by atoms with Gasteiger partial charge in [0.1, 0.15) is 9.33 Å². The Hall–Kier alpha value is 0.370. The second-order valence-electron chi connectivity index (χ2n) is 3.23. The van der Waals surface area contributed by atoms with Crippen molar-refractivity contribution in [3.63, 3.8) is 0 Å². The molecule has 16 heavy (non-hydrogen) atoms. The van der Waals surface area contributed by atoms with E-state index in [4.69, 9.17) is 4.74 Å². The highest BCUT2D eigenvalue weighted by Crippen LogP contribution is 2.27. The Kier molecular flexibility index (Phi) is 5.72. The van der Waals surface area contributed by atoms with Gasteiger partial charge in [0.05, 0.1) is 2.49 Å². The Balaban J connectivity index is 2.90. The summed E-state index contributed by atoms with van der Waals surface area (Å²) in [7, 11) is 0. The summed E-state index contributed by atoms with van der Waals surface area (Å²) in [5, 5.41) is 0. The van der Waals surface area contributed by atoms with Crippen LogP contribution in [-0.2, 0) is 4.79 Å². The fraction of sp³-hybridized carbons (Fsp3) is 0.182. The summed E-state index contributed by atoms with van der Waals surface area (Å²) in [5.74, 6) is 0.267. The summed E-state index contributed by atoms with van der Waals surface area (Å²) in [6.07, 6.45) is 0. The topological polar surface area (TPSA) is 26.3 Å². The molecule has 1 rings (SSSR count). The Morgan fingerprint density at radius 1 is 1.31 bits per heavy atom. The standard InChI is InChI=1S/C11H9BrI2O2/c1-6-3-4-8(7(2)5-6)16-11(15)9(13)10(12)14/h3-5H,1-2H3. The van der Waals surface area contributed by atoms with Gasteiger partial charge in [-0.05, 0) is 86.6 Å². The van der Waals surface area contributed by atoms with Crippen LogP contribution in [0.3, 0.4) is 0 Å². The molecule has 0 atom stereocenters. The number of hydrogen-bond acceptors (Lipinski definition) is 2. The number of carbonyl (C=O) groups excluding carboxylic acids is 1. The first-order chi connectivity index (χ1) is 7.41. The van der Waals surface area contributed by atoms with Gasteiger partial charge in [-0.25, -0.2) is 4.79 Å². The highest BCUT2D eigenvalue weighted by atomic mass is 127. The van der Waals surface area contributed by atoms with Crippen molar-refractivity contribution in [1.29, 1.82) is 0 Å². The zero-order valence-corrected chi connectivity index (χ0v) is 14.6. The van der Waals surface area contributed by atoms with Gasteiger partial charge in [0, 0.05) is 0 Å². The minimum atomic E-state index is -0.339. The summed E-state index contributed by atoms with van der Waals surface area (Å²) in [5.41, 5.74) is 2.11. The van der Waals surface area contributed by atoms with Gasteiger partial charge in [0.2, 0.25) is 0 Å². The molecule has 1 aromatic rings. The van der Waals surface area contributed by atoms with Gasteiger partial charge in [-0.2, -0.15) is 0 Å². The second-order valence-corrected chi connectivity index (χ2v) is 7.67. The van der Waals surface area contributed by atoms with Crippen molar-refractivity contribution in [3.05, 3.63) is 35.4 Å². The zero-order valence-electron chi connectivity index (χ0n) is 8.68. The van der Waals surface area contributed by atoms with E-state index in [1.807, 2.05) is 77.2 Å². The molecule has 2 nitrogen and oxygen atoms in total. The Bertz CT molecular complexity index is 451. The van der Waals surface area contributed by atoms with Gasteiger partial charge in [0.25, 0.3) is 0 Å². The fourth-order valence-electron chi connectivity index (χ4n) is 1.14. The van der Waals surface area contributed by atoms with E-state index < -0.39 is 0 Å². The minimum absolute atomic E-state index is 0.339. The van der Waals surface area contributed by atoms with E-state index >= 15 is 0 Å². The van der Waals surface area contributed by atoms with E-state index in [0.29, 0.717) is 9.33 Å². The van der Waals surface area contributed by atoms with Crippen LogP contribution in [0.25, 0.3) is 0 Å². The van der Waals surface area contributed by atoms with E-state index in [1.165, 1.54) is 0 Å². The summed E-state index contributed by atoms with van der Waals surface area (Å²) in [6, 6.07) is 5.72. The number of carbonyl (C=O) groups is 1. The molecule has 0 fully saturated rings. The van der Waals surface area contributed by atoms with Gasteiger partial charge < -0.3 is 4.74 Å². The second kappa shape index (κ2) is 6.34. The van der Waals surface area contributed by atoms with Crippen LogP contribution in [0.15, 0.2) is 24.3 Å². The molecule has 0 aliphatic rings. The zero-order chi connectivity index (χ0) is 12.3. The number of ether oxygens (including phenoxy) is 1. The molecule has 0 saturated carbocycles. The maximum absolute atomic E-state index is 11.7. The van der Waals surface area contributed by atoms with Gasteiger partial charge in [-0.3, -0.25) is 0 Å². The molecule has 0 radical (unpaired) electrons. The van der Waals surface area contributed by atoms with Crippen molar-refractivity contribution in [1.82, 2.24) is 0 Å². The number of rotatable bonds is 2. The molecule has 0 aliphatic heterocycles. The predicted molar refractivity (Wildman–Crippen MR) is 85.5 cm³/mol. The molecule has 0 saturated heterocycles. The third kappa shape index (κ3) is 3.99. The summed E-state index contributed by atoms with van der Waals surface area (Å²) in [4.78, 5) is 11.7. The third-order valence-corrected chi connectivity index (χ3v) is 5.57. The van der Waals surface area contributed by atoms with Crippen molar-refractivity contribution >= 4 is 67.1 Å². The first-order valence-corrected chi connectivity index (χ1v) is 7.37. The van der Waals surface area contributed by atoms with Crippen LogP contribution in [0.4, 0.5) is 0 Å². The van der Waals surface area contributed by atoms with Crippen LogP contribution in [0.2, 0.25) is 0 Å². The van der Waals surface area contributed by atoms with Crippen LogP contribution in [0, 0.1) is 13.8 Å². The molecule has 0 aromatic heterocycles. The molecule has 86 valence electrons. The smallest absolute Gasteiger partial charge is 0.351 e. The Morgan fingerprint density at radius 3 is 2.44 bits per heavy atom. The molecule has 0 bridgehead atoms. The SMILES string of the molecule is Cc1ccc(OC(=O)C(I)=C(Br)I)c(C)c1. The lowest BCUT2D eigenvalue weighted by molar-refractivity contribution is -0.129. The van der Waals surface area contributed by atoms with E-state index in [2.05, 4.69) is 15.9 Å². The predicted octanol–water partition coefficient (Wildman–Crippen LogP) is 4.64. The van der Waals surface area contributed by atoms with E-state index in [-0.39, 0.29) is 5.97 Å². The quantitative estimate of drug-likeness (QED) is 0.253. The van der Waals surface area contributed by atoms with Gasteiger partial charge in [0.15, 0.2) is 0 Å². The summed E-state index contributed by atoms with van der Waals surface area (Å²) < 4.78 is 6.57. The summed E-state index contributed by atoms with van der Waals surface area (Å²) in [6.45, 7) is 3.93. The Labute approximate surface area is 130 Å². The number of aryl methyl sites for hydroxylation is 2. The Morgan fingerprint density at radius 2 is 1.94 bits per heavy atom.